The van der Waals surface area contributed by atoms with Crippen LogP contribution in [0.2, 0.25) is 0 Å². The first kappa shape index (κ1) is 24.6. The quantitative estimate of drug-likeness (QED) is 0.250. The fourth-order valence-electron chi connectivity index (χ4n) is 3.25. The lowest BCUT2D eigenvalue weighted by atomic mass is 10.3. The van der Waals surface area contributed by atoms with Crippen LogP contribution >= 0.6 is 0 Å². The number of aryl methyl sites for hydroxylation is 1. The lowest BCUT2D eigenvalue weighted by Crippen LogP contribution is -2.41. The van der Waals surface area contributed by atoms with Gasteiger partial charge in [-0.05, 0) is 25.8 Å². The third kappa shape index (κ3) is 10.4. The van der Waals surface area contributed by atoms with Gasteiger partial charge in [0.25, 0.3) is 0 Å². The molecule has 0 amide bonds. The first-order valence-electron chi connectivity index (χ1n) is 11.6. The van der Waals surface area contributed by atoms with Crippen molar-refractivity contribution >= 4 is 5.96 Å². The largest absolute Gasteiger partial charge is 0.381 e. The Hall–Kier alpha value is -1.71. The molecule has 1 aromatic rings. The molecule has 1 aromatic heterocycles. The molecule has 2 heterocycles. The monoisotopic (exact) mass is 423 g/mol. The lowest BCUT2D eigenvalue weighted by molar-refractivity contribution is 0.0376. The highest BCUT2D eigenvalue weighted by molar-refractivity contribution is 5.79. The summed E-state index contributed by atoms with van der Waals surface area (Å²) in [5.41, 5.74) is 0. The van der Waals surface area contributed by atoms with Crippen LogP contribution in [-0.4, -0.2) is 91.3 Å². The molecule has 0 bridgehead atoms. The average Bonchev–Trinajstić information content (AvgIpc) is 3.23. The number of aliphatic imine (C=N–C) groups is 1. The minimum atomic E-state index is 0.762. The molecule has 0 atom stereocenters. The molecule has 0 aromatic carbocycles. The SMILES string of the molecule is CCCCOCCCN=C(NCCCN1CCOCC1)NCCn1cnnc1CC. The van der Waals surface area contributed by atoms with Crippen molar-refractivity contribution in [2.24, 2.45) is 4.99 Å². The van der Waals surface area contributed by atoms with Crippen LogP contribution < -0.4 is 10.6 Å². The normalized spacial score (nSPS) is 15.5. The van der Waals surface area contributed by atoms with Crippen molar-refractivity contribution in [3.8, 4) is 0 Å². The fourth-order valence-corrected chi connectivity index (χ4v) is 3.25. The minimum Gasteiger partial charge on any atom is -0.381 e. The van der Waals surface area contributed by atoms with Gasteiger partial charge in [0.2, 0.25) is 0 Å². The molecule has 1 fully saturated rings. The van der Waals surface area contributed by atoms with Crippen LogP contribution in [0.15, 0.2) is 11.3 Å². The molecule has 0 spiro atoms. The summed E-state index contributed by atoms with van der Waals surface area (Å²) in [4.78, 5) is 7.19. The Morgan fingerprint density at radius 2 is 1.90 bits per heavy atom. The van der Waals surface area contributed by atoms with Crippen molar-refractivity contribution in [3.63, 3.8) is 0 Å². The van der Waals surface area contributed by atoms with Gasteiger partial charge in [-0.15, -0.1) is 10.2 Å². The van der Waals surface area contributed by atoms with E-state index >= 15 is 0 Å². The number of aromatic nitrogens is 3. The molecule has 2 N–H and O–H groups in total. The maximum absolute atomic E-state index is 5.63. The van der Waals surface area contributed by atoms with Crippen LogP contribution in [0.5, 0.6) is 0 Å². The van der Waals surface area contributed by atoms with Gasteiger partial charge in [0, 0.05) is 58.9 Å². The van der Waals surface area contributed by atoms with E-state index in [0.29, 0.717) is 0 Å². The van der Waals surface area contributed by atoms with Crippen molar-refractivity contribution in [2.45, 2.75) is 52.5 Å². The van der Waals surface area contributed by atoms with E-state index in [1.54, 1.807) is 6.33 Å². The summed E-state index contributed by atoms with van der Waals surface area (Å²) in [6.45, 7) is 14.0. The van der Waals surface area contributed by atoms with E-state index in [-0.39, 0.29) is 0 Å². The van der Waals surface area contributed by atoms with E-state index in [2.05, 4.69) is 44.1 Å². The topological polar surface area (TPSA) is 88.8 Å². The molecule has 0 radical (unpaired) electrons. The molecule has 9 heteroatoms. The molecule has 172 valence electrons. The van der Waals surface area contributed by atoms with Crippen molar-refractivity contribution in [1.82, 2.24) is 30.3 Å². The van der Waals surface area contributed by atoms with E-state index in [1.165, 1.54) is 6.42 Å². The summed E-state index contributed by atoms with van der Waals surface area (Å²) < 4.78 is 13.1. The van der Waals surface area contributed by atoms with Crippen molar-refractivity contribution in [1.29, 1.82) is 0 Å². The lowest BCUT2D eigenvalue weighted by Gasteiger charge is -2.26. The second-order valence-electron chi connectivity index (χ2n) is 7.51. The molecule has 1 aliphatic heterocycles. The van der Waals surface area contributed by atoms with E-state index in [0.717, 1.165) is 110 Å². The predicted molar refractivity (Wildman–Crippen MR) is 120 cm³/mol. The Morgan fingerprint density at radius 3 is 2.70 bits per heavy atom. The summed E-state index contributed by atoms with van der Waals surface area (Å²) >= 11 is 0. The predicted octanol–water partition coefficient (Wildman–Crippen LogP) is 1.30. The molecule has 9 nitrogen and oxygen atoms in total. The van der Waals surface area contributed by atoms with Crippen LogP contribution in [0, 0.1) is 0 Å². The van der Waals surface area contributed by atoms with Crippen molar-refractivity contribution < 1.29 is 9.47 Å². The van der Waals surface area contributed by atoms with E-state index in [1.807, 2.05) is 0 Å². The Morgan fingerprint density at radius 1 is 1.10 bits per heavy atom. The number of hydrogen-bond acceptors (Lipinski definition) is 6. The number of unbranched alkanes of at least 4 members (excludes halogenated alkanes) is 1. The van der Waals surface area contributed by atoms with Gasteiger partial charge in [-0.3, -0.25) is 9.89 Å². The molecular weight excluding hydrogens is 382 g/mol. The number of nitrogens with one attached hydrogen (secondary N) is 2. The molecular formula is C21H41N7O2. The Balaban J connectivity index is 1.69. The Kier molecular flexibility index (Phi) is 13.1. The van der Waals surface area contributed by atoms with Gasteiger partial charge in [-0.1, -0.05) is 20.3 Å². The fraction of sp³-hybridized carbons (Fsp3) is 0.857. The van der Waals surface area contributed by atoms with Gasteiger partial charge in [0.1, 0.15) is 12.2 Å². The molecule has 30 heavy (non-hydrogen) atoms. The zero-order valence-corrected chi connectivity index (χ0v) is 18.9. The summed E-state index contributed by atoms with van der Waals surface area (Å²) in [5.74, 6) is 1.88. The Labute approximate surface area is 181 Å². The van der Waals surface area contributed by atoms with Gasteiger partial charge in [0.05, 0.1) is 13.2 Å². The number of guanidine groups is 1. The molecule has 1 aliphatic rings. The first-order valence-corrected chi connectivity index (χ1v) is 11.6. The zero-order valence-electron chi connectivity index (χ0n) is 18.9. The van der Waals surface area contributed by atoms with Crippen LogP contribution in [0.1, 0.15) is 45.4 Å². The van der Waals surface area contributed by atoms with Gasteiger partial charge in [-0.2, -0.15) is 0 Å². The minimum absolute atomic E-state index is 0.762. The second kappa shape index (κ2) is 16.0. The van der Waals surface area contributed by atoms with E-state index in [9.17, 15) is 0 Å². The molecule has 0 unspecified atom stereocenters. The van der Waals surface area contributed by atoms with Crippen LogP contribution in [0.25, 0.3) is 0 Å². The van der Waals surface area contributed by atoms with Crippen LogP contribution in [0.3, 0.4) is 0 Å². The highest BCUT2D eigenvalue weighted by Gasteiger charge is 2.09. The molecule has 2 rings (SSSR count). The van der Waals surface area contributed by atoms with E-state index in [4.69, 9.17) is 14.5 Å². The van der Waals surface area contributed by atoms with Crippen LogP contribution in [0.4, 0.5) is 0 Å². The average molecular weight is 424 g/mol. The Bertz CT molecular complexity index is 573. The van der Waals surface area contributed by atoms with Gasteiger partial charge < -0.3 is 24.7 Å². The number of hydrogen-bond donors (Lipinski definition) is 2. The number of ether oxygens (including phenoxy) is 2. The maximum atomic E-state index is 5.63. The standard InChI is InChI=1S/C21H41N7O2/c1-3-5-15-29-16-7-9-23-21(22-8-6-11-27-13-17-30-18-14-27)24-10-12-28-19-25-26-20(28)4-2/h19H,3-18H2,1-2H3,(H2,22,23,24). The maximum Gasteiger partial charge on any atom is 0.191 e. The first-order chi connectivity index (χ1) is 14.8. The molecule has 1 saturated heterocycles. The highest BCUT2D eigenvalue weighted by atomic mass is 16.5. The number of nitrogens with zero attached hydrogens (tertiary/aromatic N) is 5. The number of morpholine rings is 1. The summed E-state index contributed by atoms with van der Waals surface area (Å²) in [7, 11) is 0. The van der Waals surface area contributed by atoms with Crippen LogP contribution in [-0.2, 0) is 22.4 Å². The van der Waals surface area contributed by atoms with Crippen molar-refractivity contribution in [3.05, 3.63) is 12.2 Å². The third-order valence-electron chi connectivity index (χ3n) is 5.06. The summed E-state index contributed by atoms with van der Waals surface area (Å²) in [5, 5.41) is 15.1. The molecule has 0 saturated carbocycles. The zero-order chi connectivity index (χ0) is 21.3. The summed E-state index contributed by atoms with van der Waals surface area (Å²) in [6, 6.07) is 0. The highest BCUT2D eigenvalue weighted by Crippen LogP contribution is 1.98. The molecule has 0 aliphatic carbocycles. The van der Waals surface area contributed by atoms with Gasteiger partial charge in [0.15, 0.2) is 5.96 Å². The number of rotatable bonds is 15. The smallest absolute Gasteiger partial charge is 0.191 e. The van der Waals surface area contributed by atoms with E-state index < -0.39 is 0 Å². The second-order valence-corrected chi connectivity index (χ2v) is 7.51. The van der Waals surface area contributed by atoms with Gasteiger partial charge in [-0.25, -0.2) is 0 Å². The third-order valence-corrected chi connectivity index (χ3v) is 5.06. The summed E-state index contributed by atoms with van der Waals surface area (Å²) in [6.07, 6.45) is 7.01. The van der Waals surface area contributed by atoms with Crippen molar-refractivity contribution in [2.75, 3.05) is 65.7 Å². The van der Waals surface area contributed by atoms with Gasteiger partial charge >= 0.3 is 0 Å².